The second-order valence-electron chi connectivity index (χ2n) is 7.24. The van der Waals surface area contributed by atoms with Crippen molar-refractivity contribution in [1.29, 1.82) is 0 Å². The molecule has 2 rings (SSSR count). The predicted octanol–water partition coefficient (Wildman–Crippen LogP) is 4.97. The molecule has 0 spiro atoms. The summed E-state index contributed by atoms with van der Waals surface area (Å²) in [6, 6.07) is 0.601. The van der Waals surface area contributed by atoms with Crippen molar-refractivity contribution >= 4 is 11.3 Å². The molecule has 1 N–H and O–H groups in total. The van der Waals surface area contributed by atoms with E-state index in [9.17, 15) is 0 Å². The maximum atomic E-state index is 4.72. The van der Waals surface area contributed by atoms with E-state index in [1.54, 1.807) is 11.3 Å². The standard InChI is InChI=1S/C18H32N2S/c1-5-10-19-17(11-16-13-21-15(4)20-16)18(12-14(2)3)8-6-7-9-18/h13-14,17,19H,5-12H2,1-4H3. The van der Waals surface area contributed by atoms with E-state index in [-0.39, 0.29) is 0 Å². The molecule has 1 aliphatic carbocycles. The fraction of sp³-hybridized carbons (Fsp3) is 0.833. The highest BCUT2D eigenvalue weighted by Crippen LogP contribution is 2.46. The van der Waals surface area contributed by atoms with Crippen molar-refractivity contribution in [3.8, 4) is 0 Å². The fourth-order valence-electron chi connectivity index (χ4n) is 4.12. The lowest BCUT2D eigenvalue weighted by Gasteiger charge is -2.40. The number of nitrogens with zero attached hydrogens (tertiary/aromatic N) is 1. The van der Waals surface area contributed by atoms with Gasteiger partial charge in [-0.3, -0.25) is 0 Å². The first-order valence-electron chi connectivity index (χ1n) is 8.70. The third-order valence-electron chi connectivity index (χ3n) is 4.87. The van der Waals surface area contributed by atoms with Crippen LogP contribution in [0.3, 0.4) is 0 Å². The molecule has 1 unspecified atom stereocenters. The Hall–Kier alpha value is -0.410. The summed E-state index contributed by atoms with van der Waals surface area (Å²) in [7, 11) is 0. The van der Waals surface area contributed by atoms with E-state index in [1.165, 1.54) is 49.2 Å². The van der Waals surface area contributed by atoms with Crippen LogP contribution < -0.4 is 5.32 Å². The van der Waals surface area contributed by atoms with Crippen molar-refractivity contribution in [3.05, 3.63) is 16.1 Å². The van der Waals surface area contributed by atoms with Crippen molar-refractivity contribution in [2.24, 2.45) is 11.3 Å². The topological polar surface area (TPSA) is 24.9 Å². The number of nitrogens with one attached hydrogen (secondary N) is 1. The van der Waals surface area contributed by atoms with E-state index in [2.05, 4.69) is 38.4 Å². The molecule has 0 aromatic carbocycles. The van der Waals surface area contributed by atoms with Crippen LogP contribution in [-0.2, 0) is 6.42 Å². The molecule has 1 aliphatic rings. The Kier molecular flexibility index (Phi) is 6.24. The van der Waals surface area contributed by atoms with Gasteiger partial charge >= 0.3 is 0 Å². The summed E-state index contributed by atoms with van der Waals surface area (Å²) in [6.07, 6.45) is 9.30. The number of hydrogen-bond donors (Lipinski definition) is 1. The molecule has 0 saturated heterocycles. The van der Waals surface area contributed by atoms with E-state index >= 15 is 0 Å². The molecule has 0 aliphatic heterocycles. The summed E-state index contributed by atoms with van der Waals surface area (Å²) in [5.74, 6) is 0.784. The van der Waals surface area contributed by atoms with Gasteiger partial charge in [0.15, 0.2) is 0 Å². The summed E-state index contributed by atoms with van der Waals surface area (Å²) in [4.78, 5) is 4.72. The molecule has 1 saturated carbocycles. The zero-order valence-electron chi connectivity index (χ0n) is 14.2. The molecule has 3 heteroatoms. The molecule has 1 fully saturated rings. The quantitative estimate of drug-likeness (QED) is 0.733. The second-order valence-corrected chi connectivity index (χ2v) is 8.30. The monoisotopic (exact) mass is 308 g/mol. The molecule has 0 amide bonds. The highest BCUT2D eigenvalue weighted by Gasteiger charge is 2.41. The molecule has 1 heterocycles. The Bertz CT molecular complexity index is 419. The maximum Gasteiger partial charge on any atom is 0.0897 e. The number of rotatable bonds is 8. The van der Waals surface area contributed by atoms with Crippen LogP contribution in [0.4, 0.5) is 0 Å². The SMILES string of the molecule is CCCNC(Cc1csc(C)n1)C1(CC(C)C)CCCC1. The van der Waals surface area contributed by atoms with Gasteiger partial charge in [-0.25, -0.2) is 4.98 Å². The van der Waals surface area contributed by atoms with Crippen LogP contribution in [0.25, 0.3) is 0 Å². The minimum atomic E-state index is 0.501. The third-order valence-corrected chi connectivity index (χ3v) is 5.70. The van der Waals surface area contributed by atoms with Crippen molar-refractivity contribution < 1.29 is 0 Å². The molecular formula is C18H32N2S. The first-order valence-corrected chi connectivity index (χ1v) is 9.58. The fourth-order valence-corrected chi connectivity index (χ4v) is 4.75. The number of hydrogen-bond acceptors (Lipinski definition) is 3. The Morgan fingerprint density at radius 1 is 1.33 bits per heavy atom. The van der Waals surface area contributed by atoms with Gasteiger partial charge in [-0.1, -0.05) is 33.6 Å². The summed E-state index contributed by atoms with van der Waals surface area (Å²) in [5.41, 5.74) is 1.79. The van der Waals surface area contributed by atoms with Gasteiger partial charge < -0.3 is 5.32 Å². The summed E-state index contributed by atoms with van der Waals surface area (Å²) in [5, 5.41) is 7.34. The normalized spacial score (nSPS) is 19.3. The van der Waals surface area contributed by atoms with Crippen LogP contribution in [0.2, 0.25) is 0 Å². The van der Waals surface area contributed by atoms with Gasteiger partial charge in [0.2, 0.25) is 0 Å². The molecular weight excluding hydrogens is 276 g/mol. The van der Waals surface area contributed by atoms with E-state index in [0.717, 1.165) is 18.9 Å². The lowest BCUT2D eigenvalue weighted by Crippen LogP contribution is -2.46. The molecule has 0 bridgehead atoms. The molecule has 1 aromatic rings. The molecule has 1 atom stereocenters. The van der Waals surface area contributed by atoms with Crippen molar-refractivity contribution in [3.63, 3.8) is 0 Å². The second kappa shape index (κ2) is 7.73. The Morgan fingerprint density at radius 3 is 2.57 bits per heavy atom. The molecule has 21 heavy (non-hydrogen) atoms. The van der Waals surface area contributed by atoms with E-state index < -0.39 is 0 Å². The van der Waals surface area contributed by atoms with Gasteiger partial charge in [-0.05, 0) is 50.5 Å². The zero-order chi connectivity index (χ0) is 15.3. The average Bonchev–Trinajstić information content (AvgIpc) is 3.04. The highest BCUT2D eigenvalue weighted by atomic mass is 32.1. The van der Waals surface area contributed by atoms with Gasteiger partial charge in [-0.15, -0.1) is 11.3 Å². The third kappa shape index (κ3) is 4.53. The summed E-state index contributed by atoms with van der Waals surface area (Å²) >= 11 is 1.79. The average molecular weight is 309 g/mol. The Balaban J connectivity index is 2.15. The van der Waals surface area contributed by atoms with Crippen molar-refractivity contribution in [2.75, 3.05) is 6.54 Å². The lowest BCUT2D eigenvalue weighted by molar-refractivity contribution is 0.153. The van der Waals surface area contributed by atoms with E-state index in [0.29, 0.717) is 11.5 Å². The van der Waals surface area contributed by atoms with Gasteiger partial charge in [0.05, 0.1) is 10.7 Å². The van der Waals surface area contributed by atoms with Crippen LogP contribution in [-0.4, -0.2) is 17.6 Å². The van der Waals surface area contributed by atoms with Crippen LogP contribution >= 0.6 is 11.3 Å². The summed E-state index contributed by atoms with van der Waals surface area (Å²) < 4.78 is 0. The number of aromatic nitrogens is 1. The first kappa shape index (κ1) is 17.0. The van der Waals surface area contributed by atoms with Crippen molar-refractivity contribution in [1.82, 2.24) is 10.3 Å². The zero-order valence-corrected chi connectivity index (χ0v) is 15.1. The lowest BCUT2D eigenvalue weighted by atomic mass is 9.71. The van der Waals surface area contributed by atoms with Crippen LogP contribution in [0.1, 0.15) is 70.0 Å². The first-order chi connectivity index (χ1) is 10.1. The van der Waals surface area contributed by atoms with Gasteiger partial charge in [-0.2, -0.15) is 0 Å². The van der Waals surface area contributed by atoms with E-state index in [4.69, 9.17) is 4.98 Å². The van der Waals surface area contributed by atoms with Gasteiger partial charge in [0.25, 0.3) is 0 Å². The number of aryl methyl sites for hydroxylation is 1. The van der Waals surface area contributed by atoms with Crippen LogP contribution in [0.15, 0.2) is 5.38 Å². The number of thiazole rings is 1. The molecule has 0 radical (unpaired) electrons. The van der Waals surface area contributed by atoms with Crippen LogP contribution in [0.5, 0.6) is 0 Å². The molecule has 120 valence electrons. The van der Waals surface area contributed by atoms with Crippen LogP contribution in [0, 0.1) is 18.3 Å². The molecule has 1 aromatic heterocycles. The highest BCUT2D eigenvalue weighted by molar-refractivity contribution is 7.09. The predicted molar refractivity (Wildman–Crippen MR) is 93.0 cm³/mol. The van der Waals surface area contributed by atoms with Crippen molar-refractivity contribution in [2.45, 2.75) is 78.7 Å². The van der Waals surface area contributed by atoms with Gasteiger partial charge in [0.1, 0.15) is 0 Å². The maximum absolute atomic E-state index is 4.72. The minimum Gasteiger partial charge on any atom is -0.313 e. The smallest absolute Gasteiger partial charge is 0.0897 e. The Labute approximate surface area is 134 Å². The summed E-state index contributed by atoms with van der Waals surface area (Å²) in [6.45, 7) is 10.3. The minimum absolute atomic E-state index is 0.501. The van der Waals surface area contributed by atoms with E-state index in [1.807, 2.05) is 0 Å². The largest absolute Gasteiger partial charge is 0.313 e. The Morgan fingerprint density at radius 2 is 2.05 bits per heavy atom. The molecule has 2 nitrogen and oxygen atoms in total. The van der Waals surface area contributed by atoms with Gasteiger partial charge in [0, 0.05) is 17.8 Å².